The zero-order valence-electron chi connectivity index (χ0n) is 39.5. The number of para-hydroxylation sites is 2. The molecule has 0 saturated carbocycles. The molecule has 0 saturated heterocycles. The molecule has 2 aliphatic carbocycles. The van der Waals surface area contributed by atoms with Gasteiger partial charge in [0.15, 0.2) is 0 Å². The molecule has 2 aliphatic rings. The van der Waals surface area contributed by atoms with E-state index in [9.17, 15) is 32.3 Å². The van der Waals surface area contributed by atoms with Gasteiger partial charge in [-0.3, -0.25) is 9.59 Å². The average Bonchev–Trinajstić information content (AvgIpc) is 3.85. The molecule has 6 aromatic carbocycles. The maximum Gasteiger partial charge on any atom is 0.333 e. The highest BCUT2D eigenvalue weighted by Gasteiger charge is 2.42. The number of hydrogen-bond donors (Lipinski definition) is 0. The third-order valence-electron chi connectivity index (χ3n) is 14.4. The molecule has 0 fully saturated rings. The van der Waals surface area contributed by atoms with Gasteiger partial charge in [0.1, 0.15) is 30.5 Å². The smallest absolute Gasteiger partial charge is 0.333 e. The molecule has 71 heavy (non-hydrogen) atoms. The third kappa shape index (κ3) is 9.88. The van der Waals surface area contributed by atoms with Crippen molar-refractivity contribution >= 4 is 45.6 Å². The topological polar surface area (TPSA) is 93.9 Å². The molecule has 2 heterocycles. The highest BCUT2D eigenvalue weighted by atomic mass is 19.1. The molecule has 9 nitrogen and oxygen atoms in total. The van der Waals surface area contributed by atoms with Gasteiger partial charge in [0.05, 0.1) is 5.41 Å². The van der Waals surface area contributed by atoms with Crippen LogP contribution in [-0.2, 0) is 88.9 Å². The van der Waals surface area contributed by atoms with Gasteiger partial charge in [0, 0.05) is 70.9 Å². The van der Waals surface area contributed by atoms with E-state index < -0.39 is 34.9 Å². The summed E-state index contributed by atoms with van der Waals surface area (Å²) >= 11 is 0. The number of halogens is 3. The Morgan fingerprint density at radius 1 is 0.592 bits per heavy atom. The minimum Gasteiger partial charge on any atom is -0.390 e. The lowest BCUT2D eigenvalue weighted by Crippen LogP contribution is -2.45. The van der Waals surface area contributed by atoms with Crippen molar-refractivity contribution in [2.75, 3.05) is 0 Å². The van der Waals surface area contributed by atoms with Crippen molar-refractivity contribution in [3.8, 4) is 0 Å². The van der Waals surface area contributed by atoms with Crippen molar-refractivity contribution in [1.82, 2.24) is 18.9 Å². The summed E-state index contributed by atoms with van der Waals surface area (Å²) in [6.07, 6.45) is 2.73. The van der Waals surface area contributed by atoms with Crippen LogP contribution in [0.5, 0.6) is 0 Å². The van der Waals surface area contributed by atoms with E-state index in [2.05, 4.69) is 0 Å². The normalized spacial score (nSPS) is 16.3. The van der Waals surface area contributed by atoms with E-state index in [0.717, 1.165) is 73.6 Å². The highest BCUT2D eigenvalue weighted by Crippen LogP contribution is 2.42. The van der Waals surface area contributed by atoms with Crippen LogP contribution in [0.25, 0.3) is 21.8 Å². The number of ether oxygens (including phenoxy) is 1. The van der Waals surface area contributed by atoms with E-state index >= 15 is 0 Å². The molecule has 0 spiro atoms. The zero-order valence-corrected chi connectivity index (χ0v) is 39.5. The molecule has 2 unspecified atom stereocenters. The van der Waals surface area contributed by atoms with Crippen LogP contribution in [0.15, 0.2) is 152 Å². The molecule has 10 rings (SSSR count). The van der Waals surface area contributed by atoms with E-state index in [0.29, 0.717) is 50.6 Å². The van der Waals surface area contributed by atoms with E-state index in [4.69, 9.17) is 4.74 Å². The van der Waals surface area contributed by atoms with Gasteiger partial charge in [-0.1, -0.05) is 116 Å². The van der Waals surface area contributed by atoms with E-state index in [1.807, 2.05) is 131 Å². The number of carbonyl (C=O) groups excluding carboxylic acids is 4. The molecule has 0 bridgehead atoms. The molecule has 2 amide bonds. The van der Waals surface area contributed by atoms with Gasteiger partial charge >= 0.3 is 11.9 Å². The van der Waals surface area contributed by atoms with Crippen molar-refractivity contribution < 1.29 is 37.1 Å². The Morgan fingerprint density at radius 3 is 1.79 bits per heavy atom. The van der Waals surface area contributed by atoms with Crippen LogP contribution < -0.4 is 0 Å². The fraction of sp³-hybridized carbons (Fsp3) is 0.254. The molecule has 2 atom stereocenters. The Labute approximate surface area is 410 Å². The summed E-state index contributed by atoms with van der Waals surface area (Å²) in [4.78, 5) is 60.3. The molecular weight excluding hydrogens is 902 g/mol. The lowest BCUT2D eigenvalue weighted by molar-refractivity contribution is -0.160. The predicted octanol–water partition coefficient (Wildman–Crippen LogP) is 10.8. The number of nitrogens with zero attached hydrogens (tertiary/aromatic N) is 4. The van der Waals surface area contributed by atoms with Crippen molar-refractivity contribution in [3.63, 3.8) is 0 Å². The predicted molar refractivity (Wildman–Crippen MR) is 265 cm³/mol. The Balaban J connectivity index is 0.853. The van der Waals surface area contributed by atoms with Crippen LogP contribution in [0, 0.1) is 28.8 Å². The quantitative estimate of drug-likeness (QED) is 0.0799. The van der Waals surface area contributed by atoms with Crippen molar-refractivity contribution in [2.24, 2.45) is 11.3 Å². The maximum atomic E-state index is 15.0. The number of esters is 2. The average molecular weight is 955 g/mol. The van der Waals surface area contributed by atoms with Crippen molar-refractivity contribution in [1.29, 1.82) is 0 Å². The fourth-order valence-corrected chi connectivity index (χ4v) is 11.0. The first kappa shape index (κ1) is 47.0. The second-order valence-corrected chi connectivity index (χ2v) is 19.3. The number of carbonyl (C=O) groups is 4. The van der Waals surface area contributed by atoms with Crippen molar-refractivity contribution in [3.05, 3.63) is 214 Å². The Bertz CT molecular complexity index is 3310. The lowest BCUT2D eigenvalue weighted by atomic mass is 9.73. The van der Waals surface area contributed by atoms with Gasteiger partial charge in [-0.25, -0.2) is 22.8 Å². The second-order valence-electron chi connectivity index (χ2n) is 19.3. The molecule has 2 aromatic heterocycles. The maximum absolute atomic E-state index is 15.0. The number of rotatable bonds is 14. The minimum absolute atomic E-state index is 0.0393. The van der Waals surface area contributed by atoms with E-state index in [-0.39, 0.29) is 55.9 Å². The molecule has 0 aliphatic heterocycles. The Hall–Kier alpha value is -7.73. The SMILES string of the molecule is CC1(C(=O)N(Cc2ccccc2)Cc2cccc(F)c2)CCc2c(c3ccccc3n2CC(=O)OC(=O)Cn2c3c(c4ccccc42)CC(C(=O)N(Cc2ccccc2)Cc2cc(F)ccc2F)CC3)C1. The molecule has 0 N–H and O–H groups in total. The summed E-state index contributed by atoms with van der Waals surface area (Å²) < 4.78 is 53.0. The summed E-state index contributed by atoms with van der Waals surface area (Å²) in [5, 5.41) is 1.81. The van der Waals surface area contributed by atoms with Gasteiger partial charge in [-0.05, 0) is 109 Å². The third-order valence-corrected chi connectivity index (χ3v) is 14.4. The van der Waals surface area contributed by atoms with Crippen LogP contribution in [0.2, 0.25) is 0 Å². The van der Waals surface area contributed by atoms with Crippen LogP contribution in [-0.4, -0.2) is 42.7 Å². The number of benzene rings is 6. The lowest BCUT2D eigenvalue weighted by Gasteiger charge is -2.38. The van der Waals surface area contributed by atoms with E-state index in [1.54, 1.807) is 15.9 Å². The first-order chi connectivity index (χ1) is 34.4. The Morgan fingerprint density at radius 2 is 1.14 bits per heavy atom. The summed E-state index contributed by atoms with van der Waals surface area (Å²) in [5.41, 5.74) is 7.10. The van der Waals surface area contributed by atoms with Gasteiger partial charge in [-0.15, -0.1) is 0 Å². The fourth-order valence-electron chi connectivity index (χ4n) is 11.0. The molecule has 360 valence electrons. The zero-order chi connectivity index (χ0) is 49.2. The number of aromatic nitrogens is 2. The van der Waals surface area contributed by atoms with Gasteiger partial charge in [0.25, 0.3) is 0 Å². The van der Waals surface area contributed by atoms with Crippen LogP contribution >= 0.6 is 0 Å². The highest BCUT2D eigenvalue weighted by molar-refractivity contribution is 5.93. The first-order valence-corrected chi connectivity index (χ1v) is 24.2. The largest absolute Gasteiger partial charge is 0.390 e. The molecule has 8 aromatic rings. The summed E-state index contributed by atoms with van der Waals surface area (Å²) in [6, 6.07) is 44.2. The van der Waals surface area contributed by atoms with Gasteiger partial charge in [0.2, 0.25) is 11.8 Å². The summed E-state index contributed by atoms with van der Waals surface area (Å²) in [6.45, 7) is 2.27. The summed E-state index contributed by atoms with van der Waals surface area (Å²) in [7, 11) is 0. The van der Waals surface area contributed by atoms with Gasteiger partial charge < -0.3 is 23.7 Å². The molecule has 0 radical (unpaired) electrons. The van der Waals surface area contributed by atoms with E-state index in [1.165, 1.54) is 12.1 Å². The second kappa shape index (κ2) is 19.9. The number of fused-ring (bicyclic) bond motifs is 6. The Kier molecular flexibility index (Phi) is 13.2. The number of hydrogen-bond acceptors (Lipinski definition) is 5. The first-order valence-electron chi connectivity index (χ1n) is 24.2. The monoisotopic (exact) mass is 954 g/mol. The standard InChI is InChI=1S/C59H53F3N4O5/c1-59(58(70)64(34-40-15-6-3-7-16-40)35-41-17-12-18-44(60)29-41)28-27-54-49(32-59)47-20-9-11-22-52(47)66(54)38-56(68)71-55(67)37-65-51-21-10-8-19-46(51)48-31-42(23-26-53(48)65)57(69)63(33-39-13-4-2-5-14-39)36-43-30-45(61)24-25-50(43)62/h2-22,24-25,29-30,42H,23,26-28,31-38H2,1H3. The van der Waals surface area contributed by atoms with Crippen molar-refractivity contribution in [2.45, 2.75) is 84.7 Å². The van der Waals surface area contributed by atoms with Gasteiger partial charge in [-0.2, -0.15) is 0 Å². The summed E-state index contributed by atoms with van der Waals surface area (Å²) in [5.74, 6) is -3.63. The molecule has 12 heteroatoms. The number of amides is 2. The van der Waals surface area contributed by atoms with Crippen LogP contribution in [0.4, 0.5) is 13.2 Å². The minimum atomic E-state index is -0.795. The van der Waals surface area contributed by atoms with Crippen LogP contribution in [0.1, 0.15) is 64.5 Å². The molecular formula is C59H53F3N4O5. The van der Waals surface area contributed by atoms with Crippen LogP contribution in [0.3, 0.4) is 0 Å².